The standard InChI is InChI=1S/C8H7BINO2/c9-7-3-11(10)2-5-1-6(4-12)13-8(5)7/h1-2,12H,3-4H2. The third kappa shape index (κ3) is 1.62. The normalized spacial score (nSPS) is 15.5. The van der Waals surface area contributed by atoms with E-state index >= 15 is 0 Å². The SMILES string of the molecule is [B]C1=c2oc(CO)cc2=CN(I)C1. The van der Waals surface area contributed by atoms with Crippen LogP contribution in [0.4, 0.5) is 0 Å². The molecule has 5 heteroatoms. The number of nitrogens with zero attached hydrogens (tertiary/aromatic N) is 1. The lowest BCUT2D eigenvalue weighted by Crippen LogP contribution is -2.32. The van der Waals surface area contributed by atoms with Crippen molar-refractivity contribution in [3.63, 3.8) is 0 Å². The molecule has 1 aromatic rings. The van der Waals surface area contributed by atoms with Crippen molar-refractivity contribution in [2.75, 3.05) is 6.54 Å². The third-order valence-electron chi connectivity index (χ3n) is 1.86. The van der Waals surface area contributed by atoms with E-state index in [9.17, 15) is 0 Å². The van der Waals surface area contributed by atoms with E-state index in [1.54, 1.807) is 6.07 Å². The first-order chi connectivity index (χ1) is 6.20. The van der Waals surface area contributed by atoms with Gasteiger partial charge in [-0.05, 0) is 6.07 Å². The van der Waals surface area contributed by atoms with Gasteiger partial charge in [0.2, 0.25) is 0 Å². The van der Waals surface area contributed by atoms with Crippen LogP contribution >= 0.6 is 22.9 Å². The molecule has 0 spiro atoms. The summed E-state index contributed by atoms with van der Waals surface area (Å²) in [4.78, 5) is 0. The summed E-state index contributed by atoms with van der Waals surface area (Å²) in [7, 11) is 5.78. The maximum Gasteiger partial charge on any atom is 0.130 e. The highest BCUT2D eigenvalue weighted by Gasteiger charge is 2.08. The van der Waals surface area contributed by atoms with Crippen LogP contribution in [0.25, 0.3) is 11.7 Å². The van der Waals surface area contributed by atoms with Gasteiger partial charge in [0, 0.05) is 18.0 Å². The highest BCUT2D eigenvalue weighted by Crippen LogP contribution is 2.06. The Kier molecular flexibility index (Phi) is 2.38. The van der Waals surface area contributed by atoms with Crippen LogP contribution < -0.4 is 10.6 Å². The summed E-state index contributed by atoms with van der Waals surface area (Å²) in [6.07, 6.45) is 1.94. The summed E-state index contributed by atoms with van der Waals surface area (Å²) in [5, 5.41) is 9.80. The molecule has 0 saturated carbocycles. The van der Waals surface area contributed by atoms with Gasteiger partial charge in [0.1, 0.15) is 25.6 Å². The number of halogens is 1. The average Bonchev–Trinajstić information content (AvgIpc) is 2.47. The molecule has 13 heavy (non-hydrogen) atoms. The second-order valence-corrected chi connectivity index (χ2v) is 4.11. The molecular formula is C8H7BINO2. The van der Waals surface area contributed by atoms with E-state index in [2.05, 4.69) is 22.9 Å². The van der Waals surface area contributed by atoms with Crippen molar-refractivity contribution in [2.45, 2.75) is 6.61 Å². The van der Waals surface area contributed by atoms with Gasteiger partial charge in [0.25, 0.3) is 0 Å². The molecule has 0 amide bonds. The molecule has 0 atom stereocenters. The summed E-state index contributed by atoms with van der Waals surface area (Å²) < 4.78 is 7.29. The minimum absolute atomic E-state index is 0.0879. The van der Waals surface area contributed by atoms with Gasteiger partial charge in [-0.2, -0.15) is 0 Å². The Morgan fingerprint density at radius 1 is 1.69 bits per heavy atom. The van der Waals surface area contributed by atoms with Crippen molar-refractivity contribution < 1.29 is 9.52 Å². The van der Waals surface area contributed by atoms with Crippen LogP contribution in [0, 0.1) is 0 Å². The van der Waals surface area contributed by atoms with Crippen molar-refractivity contribution in [1.29, 1.82) is 0 Å². The fourth-order valence-corrected chi connectivity index (χ4v) is 1.98. The van der Waals surface area contributed by atoms with Crippen molar-refractivity contribution in [3.8, 4) is 0 Å². The number of hydrogen-bond donors (Lipinski definition) is 1. The topological polar surface area (TPSA) is 36.6 Å². The molecule has 1 N–H and O–H groups in total. The molecule has 1 aromatic heterocycles. The van der Waals surface area contributed by atoms with Gasteiger partial charge in [-0.25, -0.2) is 0 Å². The molecular weight excluding hydrogens is 280 g/mol. The molecule has 66 valence electrons. The van der Waals surface area contributed by atoms with Gasteiger partial charge in [-0.3, -0.25) is 0 Å². The quantitative estimate of drug-likeness (QED) is 0.428. The van der Waals surface area contributed by atoms with Gasteiger partial charge >= 0.3 is 0 Å². The molecule has 0 unspecified atom stereocenters. The van der Waals surface area contributed by atoms with Crippen LogP contribution in [0.3, 0.4) is 0 Å². The monoisotopic (exact) mass is 287 g/mol. The summed E-state index contributed by atoms with van der Waals surface area (Å²) >= 11 is 2.16. The number of fused-ring (bicyclic) bond motifs is 1. The second kappa shape index (κ2) is 3.38. The molecule has 0 fully saturated rings. The van der Waals surface area contributed by atoms with Gasteiger partial charge in [0.15, 0.2) is 0 Å². The van der Waals surface area contributed by atoms with Gasteiger partial charge in [-0.15, -0.1) is 0 Å². The van der Waals surface area contributed by atoms with E-state index in [0.717, 1.165) is 5.22 Å². The van der Waals surface area contributed by atoms with Crippen LogP contribution in [0.5, 0.6) is 0 Å². The minimum Gasteiger partial charge on any atom is -0.459 e. The molecule has 3 nitrogen and oxygen atoms in total. The molecule has 0 aliphatic carbocycles. The number of furan rings is 1. The van der Waals surface area contributed by atoms with Crippen molar-refractivity contribution in [1.82, 2.24) is 3.11 Å². The van der Waals surface area contributed by atoms with Crippen molar-refractivity contribution in [3.05, 3.63) is 22.5 Å². The van der Waals surface area contributed by atoms with Crippen LogP contribution in [-0.2, 0) is 6.61 Å². The minimum atomic E-state index is -0.0879. The average molecular weight is 287 g/mol. The predicted molar refractivity (Wildman–Crippen MR) is 58.2 cm³/mol. The van der Waals surface area contributed by atoms with E-state index in [-0.39, 0.29) is 6.61 Å². The molecule has 0 saturated heterocycles. The lowest BCUT2D eigenvalue weighted by atomic mass is 9.94. The van der Waals surface area contributed by atoms with E-state index < -0.39 is 0 Å². The maximum absolute atomic E-state index is 8.87. The van der Waals surface area contributed by atoms with E-state index in [1.807, 2.05) is 9.31 Å². The van der Waals surface area contributed by atoms with E-state index in [4.69, 9.17) is 17.4 Å². The molecule has 2 rings (SSSR count). The van der Waals surface area contributed by atoms with Crippen molar-refractivity contribution in [2.24, 2.45) is 0 Å². The largest absolute Gasteiger partial charge is 0.459 e. The molecule has 2 heterocycles. The Labute approximate surface area is 90.6 Å². The fraction of sp³-hybridized carbons (Fsp3) is 0.250. The fourth-order valence-electron chi connectivity index (χ4n) is 1.31. The lowest BCUT2D eigenvalue weighted by Gasteiger charge is -2.13. The summed E-state index contributed by atoms with van der Waals surface area (Å²) in [5.74, 6) is 0.552. The van der Waals surface area contributed by atoms with Gasteiger partial charge in [0.05, 0.1) is 22.9 Å². The zero-order chi connectivity index (χ0) is 9.42. The molecule has 0 aromatic carbocycles. The number of aliphatic hydroxyl groups excluding tert-OH is 1. The van der Waals surface area contributed by atoms with Crippen LogP contribution in [0.2, 0.25) is 0 Å². The van der Waals surface area contributed by atoms with E-state index in [0.29, 0.717) is 23.2 Å². The van der Waals surface area contributed by atoms with Gasteiger partial charge in [-0.1, -0.05) is 5.47 Å². The first kappa shape index (κ1) is 9.14. The Balaban J connectivity index is 2.69. The molecule has 2 radical (unpaired) electrons. The lowest BCUT2D eigenvalue weighted by molar-refractivity contribution is 0.244. The highest BCUT2D eigenvalue weighted by atomic mass is 127. The summed E-state index contributed by atoms with van der Waals surface area (Å²) in [6, 6.07) is 1.80. The smallest absolute Gasteiger partial charge is 0.130 e. The third-order valence-corrected chi connectivity index (χ3v) is 2.48. The molecule has 1 aliphatic rings. The summed E-state index contributed by atoms with van der Waals surface area (Å²) in [5.41, 5.74) is 1.39. The zero-order valence-electron chi connectivity index (χ0n) is 6.83. The zero-order valence-corrected chi connectivity index (χ0v) is 8.98. The number of rotatable bonds is 1. The molecule has 1 aliphatic heterocycles. The van der Waals surface area contributed by atoms with Crippen molar-refractivity contribution >= 4 is 42.4 Å². The Morgan fingerprint density at radius 2 is 2.46 bits per heavy atom. The Bertz CT molecular complexity index is 439. The summed E-state index contributed by atoms with van der Waals surface area (Å²) in [6.45, 7) is 0.571. The van der Waals surface area contributed by atoms with Crippen LogP contribution in [-0.4, -0.2) is 22.6 Å². The number of aliphatic hydroxyl groups is 1. The van der Waals surface area contributed by atoms with Gasteiger partial charge < -0.3 is 12.6 Å². The number of hydrogen-bond acceptors (Lipinski definition) is 3. The van der Waals surface area contributed by atoms with Crippen LogP contribution in [0.1, 0.15) is 5.76 Å². The Hall–Kier alpha value is -0.425. The highest BCUT2D eigenvalue weighted by molar-refractivity contribution is 14.1. The Morgan fingerprint density at radius 3 is 3.15 bits per heavy atom. The van der Waals surface area contributed by atoms with Crippen LogP contribution in [0.15, 0.2) is 10.5 Å². The first-order valence-electron chi connectivity index (χ1n) is 3.83. The maximum atomic E-state index is 8.87. The second-order valence-electron chi connectivity index (χ2n) is 2.87. The molecule has 0 bridgehead atoms. The first-order valence-corrected chi connectivity index (χ1v) is 4.79. The predicted octanol–water partition coefficient (Wildman–Crippen LogP) is -0.548. The van der Waals surface area contributed by atoms with E-state index in [1.165, 1.54) is 0 Å².